The SMILES string of the molecule is CC1=C(CC(=O)NC(C)C2CCCN2C)c2cc(F)ccc2/C1=C/c1ccc(S(C)=O)cc1. The molecule has 33 heavy (non-hydrogen) atoms. The molecule has 4 nitrogen and oxygen atoms in total. The number of nitrogens with zero attached hydrogens (tertiary/aromatic N) is 1. The molecule has 0 aromatic heterocycles. The van der Waals surface area contributed by atoms with Crippen molar-refractivity contribution in [1.29, 1.82) is 0 Å². The van der Waals surface area contributed by atoms with Gasteiger partial charge in [0.1, 0.15) is 5.82 Å². The van der Waals surface area contributed by atoms with E-state index in [4.69, 9.17) is 0 Å². The van der Waals surface area contributed by atoms with Crippen molar-refractivity contribution >= 4 is 33.9 Å². The molecular weight excluding hydrogens is 435 g/mol. The smallest absolute Gasteiger partial charge is 0.224 e. The monoisotopic (exact) mass is 466 g/mol. The highest BCUT2D eigenvalue weighted by atomic mass is 32.2. The van der Waals surface area contributed by atoms with Gasteiger partial charge in [-0.05, 0) is 104 Å². The average molecular weight is 467 g/mol. The molecule has 2 aromatic carbocycles. The van der Waals surface area contributed by atoms with Crippen LogP contribution in [0, 0.1) is 5.82 Å². The first kappa shape index (κ1) is 23.6. The van der Waals surface area contributed by atoms with E-state index in [2.05, 4.69) is 30.3 Å². The summed E-state index contributed by atoms with van der Waals surface area (Å²) in [7, 11) is 1.07. The number of carbonyl (C=O) groups is 1. The zero-order valence-electron chi connectivity index (χ0n) is 19.7. The maximum Gasteiger partial charge on any atom is 0.224 e. The third-order valence-corrected chi connectivity index (χ3v) is 7.79. The molecule has 1 N–H and O–H groups in total. The summed E-state index contributed by atoms with van der Waals surface area (Å²) >= 11 is 0. The topological polar surface area (TPSA) is 49.4 Å². The Kier molecular flexibility index (Phi) is 6.96. The molecule has 2 aromatic rings. The number of halogens is 1. The van der Waals surface area contributed by atoms with Crippen LogP contribution >= 0.6 is 0 Å². The molecule has 1 aliphatic heterocycles. The Morgan fingerprint density at radius 1 is 1.24 bits per heavy atom. The van der Waals surface area contributed by atoms with E-state index >= 15 is 0 Å². The highest BCUT2D eigenvalue weighted by Gasteiger charge is 2.29. The lowest BCUT2D eigenvalue weighted by molar-refractivity contribution is -0.121. The van der Waals surface area contributed by atoms with E-state index < -0.39 is 10.8 Å². The first-order chi connectivity index (χ1) is 15.7. The van der Waals surface area contributed by atoms with Gasteiger partial charge in [-0.15, -0.1) is 0 Å². The zero-order valence-corrected chi connectivity index (χ0v) is 20.5. The minimum Gasteiger partial charge on any atom is -0.352 e. The zero-order chi connectivity index (χ0) is 23.7. The molecule has 1 saturated heterocycles. The van der Waals surface area contributed by atoms with Crippen LogP contribution in [0.15, 0.2) is 52.9 Å². The summed E-state index contributed by atoms with van der Waals surface area (Å²) in [5.41, 5.74) is 5.53. The molecule has 3 atom stereocenters. The molecule has 3 unspecified atom stereocenters. The summed E-state index contributed by atoms with van der Waals surface area (Å²) < 4.78 is 25.8. The third-order valence-electron chi connectivity index (χ3n) is 6.86. The van der Waals surface area contributed by atoms with Gasteiger partial charge in [0.2, 0.25) is 5.91 Å². The number of likely N-dealkylation sites (N-methyl/N-ethyl adjacent to an activating group) is 1. The number of allylic oxidation sites excluding steroid dienone is 2. The first-order valence-electron chi connectivity index (χ1n) is 11.4. The second kappa shape index (κ2) is 9.74. The molecule has 0 radical (unpaired) electrons. The molecular formula is C27H31FN2O2S. The molecule has 1 amide bonds. The fourth-order valence-electron chi connectivity index (χ4n) is 5.03. The number of hydrogen-bond donors (Lipinski definition) is 1. The van der Waals surface area contributed by atoms with Gasteiger partial charge in [-0.1, -0.05) is 18.2 Å². The van der Waals surface area contributed by atoms with Crippen molar-refractivity contribution < 1.29 is 13.4 Å². The van der Waals surface area contributed by atoms with Gasteiger partial charge in [0, 0.05) is 34.0 Å². The Balaban J connectivity index is 1.61. The van der Waals surface area contributed by atoms with Gasteiger partial charge >= 0.3 is 0 Å². The van der Waals surface area contributed by atoms with Crippen LogP contribution in [0.2, 0.25) is 0 Å². The molecule has 4 rings (SSSR count). The molecule has 0 saturated carbocycles. The summed E-state index contributed by atoms with van der Waals surface area (Å²) in [4.78, 5) is 16.1. The molecule has 6 heteroatoms. The van der Waals surface area contributed by atoms with Gasteiger partial charge in [-0.2, -0.15) is 0 Å². The van der Waals surface area contributed by atoms with Crippen molar-refractivity contribution in [2.75, 3.05) is 19.8 Å². The lowest BCUT2D eigenvalue weighted by atomic mass is 10.0. The highest BCUT2D eigenvalue weighted by molar-refractivity contribution is 7.84. The van der Waals surface area contributed by atoms with Crippen LogP contribution in [0.3, 0.4) is 0 Å². The summed E-state index contributed by atoms with van der Waals surface area (Å²) in [6, 6.07) is 12.8. The van der Waals surface area contributed by atoms with Crippen LogP contribution in [0.5, 0.6) is 0 Å². The lowest BCUT2D eigenvalue weighted by Crippen LogP contribution is -2.46. The van der Waals surface area contributed by atoms with Gasteiger partial charge in [0.25, 0.3) is 0 Å². The molecule has 1 heterocycles. The van der Waals surface area contributed by atoms with E-state index in [1.54, 1.807) is 12.3 Å². The number of nitrogens with one attached hydrogen (secondary N) is 1. The van der Waals surface area contributed by atoms with E-state index in [0.717, 1.165) is 57.7 Å². The van der Waals surface area contributed by atoms with Crippen LogP contribution in [0.25, 0.3) is 17.2 Å². The van der Waals surface area contributed by atoms with Gasteiger partial charge in [-0.3, -0.25) is 9.00 Å². The van der Waals surface area contributed by atoms with Crippen molar-refractivity contribution in [2.45, 2.75) is 50.1 Å². The normalized spacial score (nSPS) is 21.4. The van der Waals surface area contributed by atoms with Crippen molar-refractivity contribution in [3.05, 3.63) is 70.5 Å². The fraction of sp³-hybridized carbons (Fsp3) is 0.370. The molecule has 0 spiro atoms. The van der Waals surface area contributed by atoms with Crippen molar-refractivity contribution in [3.63, 3.8) is 0 Å². The number of rotatable bonds is 6. The quantitative estimate of drug-likeness (QED) is 0.660. The van der Waals surface area contributed by atoms with Crippen LogP contribution in [0.4, 0.5) is 4.39 Å². The summed E-state index contributed by atoms with van der Waals surface area (Å²) in [6.45, 7) is 5.12. The Morgan fingerprint density at radius 2 is 1.97 bits per heavy atom. The Labute approximate surface area is 198 Å². The highest BCUT2D eigenvalue weighted by Crippen LogP contribution is 2.43. The predicted molar refractivity (Wildman–Crippen MR) is 134 cm³/mol. The Morgan fingerprint density at radius 3 is 2.61 bits per heavy atom. The van der Waals surface area contributed by atoms with Gasteiger partial charge in [0.05, 0.1) is 6.42 Å². The standard InChI is InChI=1S/C27H31FN2O2S/c1-17-23(14-19-7-10-21(11-8-19)33(4)32)22-12-9-20(28)15-25(22)24(17)16-27(31)29-18(2)26-6-5-13-30(26)3/h7-12,14-15,18,26H,5-6,13,16H2,1-4H3,(H,29,31)/b23-14+. The van der Waals surface area contributed by atoms with Crippen molar-refractivity contribution in [3.8, 4) is 0 Å². The minimum atomic E-state index is -1.03. The molecule has 2 aliphatic rings. The Hall–Kier alpha value is -2.57. The van der Waals surface area contributed by atoms with E-state index in [0.29, 0.717) is 6.04 Å². The number of carbonyl (C=O) groups excluding carboxylic acids is 1. The van der Waals surface area contributed by atoms with Crippen LogP contribution in [-0.4, -0.2) is 46.9 Å². The molecule has 174 valence electrons. The van der Waals surface area contributed by atoms with Gasteiger partial charge in [0.15, 0.2) is 0 Å². The average Bonchev–Trinajstić information content (AvgIpc) is 3.31. The Bertz CT molecular complexity index is 1150. The molecule has 0 bridgehead atoms. The number of benzene rings is 2. The molecule has 1 aliphatic carbocycles. The maximum absolute atomic E-state index is 14.2. The number of hydrogen-bond acceptors (Lipinski definition) is 3. The summed E-state index contributed by atoms with van der Waals surface area (Å²) in [5.74, 6) is -0.347. The maximum atomic E-state index is 14.2. The first-order valence-corrected chi connectivity index (χ1v) is 13.0. The van der Waals surface area contributed by atoms with Gasteiger partial charge in [-0.25, -0.2) is 4.39 Å². The lowest BCUT2D eigenvalue weighted by Gasteiger charge is -2.27. The van der Waals surface area contributed by atoms with Crippen molar-refractivity contribution in [1.82, 2.24) is 10.2 Å². The van der Waals surface area contributed by atoms with Crippen molar-refractivity contribution in [2.24, 2.45) is 0 Å². The number of fused-ring (bicyclic) bond motifs is 1. The van der Waals surface area contributed by atoms with E-state index in [1.165, 1.54) is 12.1 Å². The summed E-state index contributed by atoms with van der Waals surface area (Å²) in [6.07, 6.45) is 6.17. The number of amides is 1. The largest absolute Gasteiger partial charge is 0.352 e. The predicted octanol–water partition coefficient (Wildman–Crippen LogP) is 4.88. The van der Waals surface area contributed by atoms with E-state index in [-0.39, 0.29) is 24.2 Å². The summed E-state index contributed by atoms with van der Waals surface area (Å²) in [5, 5.41) is 3.17. The van der Waals surface area contributed by atoms with Crippen LogP contribution < -0.4 is 5.32 Å². The second-order valence-corrected chi connectivity index (χ2v) is 10.5. The number of likely N-dealkylation sites (tertiary alicyclic amines) is 1. The van der Waals surface area contributed by atoms with E-state index in [9.17, 15) is 13.4 Å². The van der Waals surface area contributed by atoms with Gasteiger partial charge < -0.3 is 10.2 Å². The van der Waals surface area contributed by atoms with Crippen LogP contribution in [-0.2, 0) is 15.6 Å². The second-order valence-electron chi connectivity index (χ2n) is 9.10. The molecule has 1 fully saturated rings. The van der Waals surface area contributed by atoms with Crippen LogP contribution in [0.1, 0.15) is 49.8 Å². The fourth-order valence-corrected chi connectivity index (χ4v) is 5.55. The minimum absolute atomic E-state index is 0.0385. The van der Waals surface area contributed by atoms with E-state index in [1.807, 2.05) is 31.2 Å². The third kappa shape index (κ3) is 5.02.